The van der Waals surface area contributed by atoms with Gasteiger partial charge in [0.1, 0.15) is 4.99 Å². The number of alkyl halides is 2. The van der Waals surface area contributed by atoms with Crippen molar-refractivity contribution in [2.45, 2.75) is 11.4 Å². The molecule has 0 aliphatic carbocycles. The second kappa shape index (κ2) is 10.1. The number of pyridine rings is 1. The first-order valence-electron chi connectivity index (χ1n) is 10.4. The van der Waals surface area contributed by atoms with Gasteiger partial charge in [0.15, 0.2) is 0 Å². The summed E-state index contributed by atoms with van der Waals surface area (Å²) in [6.45, 7) is 3.93. The molecule has 1 atom stereocenters. The number of nitrogens with zero attached hydrogens (tertiary/aromatic N) is 5. The van der Waals surface area contributed by atoms with E-state index in [-0.39, 0.29) is 5.69 Å². The summed E-state index contributed by atoms with van der Waals surface area (Å²) in [6, 6.07) is 6.80. The van der Waals surface area contributed by atoms with E-state index in [4.69, 9.17) is 6.42 Å². The van der Waals surface area contributed by atoms with Crippen LogP contribution in [0.15, 0.2) is 41.6 Å². The van der Waals surface area contributed by atoms with Gasteiger partial charge in [-0.2, -0.15) is 0 Å². The van der Waals surface area contributed by atoms with Crippen LogP contribution in [-0.4, -0.2) is 71.7 Å². The molecule has 3 heterocycles. The molecule has 4 rings (SSSR count). The lowest BCUT2D eigenvalue weighted by atomic mass is 10.1. The summed E-state index contributed by atoms with van der Waals surface area (Å²) in [5.74, 6) is 2.58. The molecule has 33 heavy (non-hydrogen) atoms. The Morgan fingerprint density at radius 1 is 1.24 bits per heavy atom. The Kier molecular flexibility index (Phi) is 7.40. The zero-order valence-electron chi connectivity index (χ0n) is 17.8. The summed E-state index contributed by atoms with van der Waals surface area (Å²) in [5.41, 5.74) is 2.02. The van der Waals surface area contributed by atoms with Gasteiger partial charge in [-0.15, -0.1) is 6.42 Å². The number of piperazine rings is 1. The molecule has 1 unspecified atom stereocenters. The van der Waals surface area contributed by atoms with Gasteiger partial charge in [-0.1, -0.05) is 43.8 Å². The van der Waals surface area contributed by atoms with Crippen LogP contribution in [-0.2, 0) is 16.3 Å². The number of nitro benzene ring substituents is 1. The molecule has 1 aromatic heterocycles. The van der Waals surface area contributed by atoms with Crippen molar-refractivity contribution in [1.82, 2.24) is 14.2 Å². The molecule has 1 fully saturated rings. The first kappa shape index (κ1) is 24.2. The van der Waals surface area contributed by atoms with Gasteiger partial charge in [0, 0.05) is 69.1 Å². The van der Waals surface area contributed by atoms with Crippen molar-refractivity contribution >= 4 is 57.9 Å². The Bertz CT molecular complexity index is 1220. The van der Waals surface area contributed by atoms with Gasteiger partial charge in [0.2, 0.25) is 0 Å². The van der Waals surface area contributed by atoms with Gasteiger partial charge in [0.25, 0.3) is 5.69 Å². The van der Waals surface area contributed by atoms with Crippen molar-refractivity contribution in [3.8, 4) is 12.3 Å². The molecule has 0 radical (unpaired) electrons. The van der Waals surface area contributed by atoms with Crippen molar-refractivity contribution in [1.29, 1.82) is 0 Å². The second-order valence-corrected chi connectivity index (χ2v) is 11.5. The zero-order chi connectivity index (χ0) is 23.6. The van der Waals surface area contributed by atoms with Gasteiger partial charge in [-0.05, 0) is 11.6 Å². The second-order valence-electron chi connectivity index (χ2n) is 7.70. The van der Waals surface area contributed by atoms with E-state index in [1.165, 1.54) is 12.1 Å². The highest BCUT2D eigenvalue weighted by molar-refractivity contribution is 9.09. The van der Waals surface area contributed by atoms with E-state index in [2.05, 4.69) is 47.7 Å². The van der Waals surface area contributed by atoms with Gasteiger partial charge in [-0.25, -0.2) is 8.51 Å². The van der Waals surface area contributed by atoms with Gasteiger partial charge in [0.05, 0.1) is 36.1 Å². The number of anilines is 1. The average molecular weight is 597 g/mol. The van der Waals surface area contributed by atoms with E-state index in [1.54, 1.807) is 6.20 Å². The Balaban J connectivity index is 1.73. The predicted octanol–water partition coefficient (Wildman–Crippen LogP) is 3.09. The summed E-state index contributed by atoms with van der Waals surface area (Å²) < 4.78 is 16.8. The molecule has 2 aliphatic heterocycles. The first-order valence-corrected chi connectivity index (χ1v) is 14.1. The zero-order valence-corrected chi connectivity index (χ0v) is 21.8. The fourth-order valence-corrected chi connectivity index (χ4v) is 8.84. The van der Waals surface area contributed by atoms with Crippen LogP contribution in [0.5, 0.6) is 0 Å². The minimum Gasteiger partial charge on any atom is -0.333 e. The molecule has 1 saturated heterocycles. The molecular formula is C22H23Br2N5O3S. The molecule has 2 aliphatic rings. The third-order valence-electron chi connectivity index (χ3n) is 5.86. The quantitative estimate of drug-likeness (QED) is 0.161. The van der Waals surface area contributed by atoms with Gasteiger partial charge >= 0.3 is 0 Å². The smallest absolute Gasteiger partial charge is 0.272 e. The lowest BCUT2D eigenvalue weighted by Crippen LogP contribution is -2.50. The molecular weight excluding hydrogens is 574 g/mol. The Labute approximate surface area is 210 Å². The number of hydrogen-bond donors (Lipinski definition) is 0. The number of non-ortho nitro benzene ring substituents is 1. The van der Waals surface area contributed by atoms with Crippen LogP contribution < -0.4 is 4.90 Å². The van der Waals surface area contributed by atoms with Gasteiger partial charge in [-0.3, -0.25) is 20.0 Å². The molecule has 0 bridgehead atoms. The van der Waals surface area contributed by atoms with E-state index in [0.717, 1.165) is 25.2 Å². The number of aromatic nitrogens is 1. The fourth-order valence-electron chi connectivity index (χ4n) is 4.35. The van der Waals surface area contributed by atoms with E-state index in [1.807, 2.05) is 27.5 Å². The number of benzene rings is 1. The summed E-state index contributed by atoms with van der Waals surface area (Å²) in [5, 5.41) is 12.6. The molecule has 8 nitrogen and oxygen atoms in total. The number of nitro groups is 1. The highest BCUT2D eigenvalue weighted by atomic mass is 79.9. The first-order chi connectivity index (χ1) is 15.9. The highest BCUT2D eigenvalue weighted by Crippen LogP contribution is 2.42. The largest absolute Gasteiger partial charge is 0.333 e. The molecule has 0 saturated carbocycles. The number of rotatable bonds is 7. The molecule has 0 amide bonds. The molecule has 11 heteroatoms. The summed E-state index contributed by atoms with van der Waals surface area (Å²) >= 11 is 7.01. The van der Waals surface area contributed by atoms with Crippen molar-refractivity contribution in [3.05, 3.63) is 57.9 Å². The van der Waals surface area contributed by atoms with Crippen molar-refractivity contribution in [3.63, 3.8) is 0 Å². The number of terminal acetylenes is 1. The van der Waals surface area contributed by atoms with Crippen LogP contribution in [0, 0.1) is 22.5 Å². The van der Waals surface area contributed by atoms with Crippen LogP contribution in [0.2, 0.25) is 0 Å². The lowest BCUT2D eigenvalue weighted by Gasteiger charge is -2.36. The fraction of sp³-hybridized carbons (Fsp3) is 0.364. The maximum absolute atomic E-state index is 14.8. The molecule has 174 valence electrons. The van der Waals surface area contributed by atoms with Crippen molar-refractivity contribution < 1.29 is 9.13 Å². The number of halogens is 2. The molecule has 1 aromatic carbocycles. The van der Waals surface area contributed by atoms with Crippen molar-refractivity contribution in [2.24, 2.45) is 0 Å². The summed E-state index contributed by atoms with van der Waals surface area (Å²) in [6.07, 6.45) is 9.36. The third kappa shape index (κ3) is 4.42. The average Bonchev–Trinajstić information content (AvgIpc) is 3.08. The Morgan fingerprint density at radius 2 is 2.00 bits per heavy atom. The summed E-state index contributed by atoms with van der Waals surface area (Å²) in [4.78, 5) is 20.7. The third-order valence-corrected chi connectivity index (χ3v) is 10.1. The predicted molar refractivity (Wildman–Crippen MR) is 138 cm³/mol. The maximum atomic E-state index is 14.8. The van der Waals surface area contributed by atoms with Crippen LogP contribution >= 0.6 is 31.9 Å². The SMILES string of the molecule is C#Cc1cc([N+](=O)[O-])cc2c1N(CCBr)C(CBr)=S2(=O)N1CCN(Cc2cccnc2)CC1. The molecule has 0 N–H and O–H groups in total. The van der Waals surface area contributed by atoms with E-state index in [9.17, 15) is 14.3 Å². The minimum atomic E-state index is -2.89. The van der Waals surface area contributed by atoms with Gasteiger partial charge < -0.3 is 4.90 Å². The lowest BCUT2D eigenvalue weighted by molar-refractivity contribution is -0.385. The molecule has 2 aromatic rings. The van der Waals surface area contributed by atoms with Crippen LogP contribution in [0.25, 0.3) is 0 Å². The van der Waals surface area contributed by atoms with Crippen LogP contribution in [0.4, 0.5) is 11.4 Å². The standard InChI is InChI=1S/C22H23Br2N5O3S/c1-2-18-12-19(29(30)31)13-20-22(18)28(7-5-23)21(14-24)33(20,32)27-10-8-26(9-11-27)16-17-4-3-6-25-15-17/h1,3-4,6,12-13,15H,5,7-11,14,16H2. The Morgan fingerprint density at radius 3 is 2.58 bits per heavy atom. The van der Waals surface area contributed by atoms with Crippen LogP contribution in [0.3, 0.4) is 0 Å². The minimum absolute atomic E-state index is 0.140. The Hall–Kier alpha value is -1.97. The molecule has 0 spiro atoms. The number of hydrogen-bond acceptors (Lipinski definition) is 6. The highest BCUT2D eigenvalue weighted by Gasteiger charge is 2.41. The van der Waals surface area contributed by atoms with E-state index >= 15 is 0 Å². The van der Waals surface area contributed by atoms with Crippen molar-refractivity contribution in [2.75, 3.05) is 48.3 Å². The summed E-state index contributed by atoms with van der Waals surface area (Å²) in [7, 11) is -2.89. The monoisotopic (exact) mass is 595 g/mol. The topological polar surface area (TPSA) is 82.8 Å². The maximum Gasteiger partial charge on any atom is 0.272 e. The van der Waals surface area contributed by atoms with Crippen LogP contribution in [0.1, 0.15) is 11.1 Å². The van der Waals surface area contributed by atoms with E-state index in [0.29, 0.717) is 51.4 Å². The van der Waals surface area contributed by atoms with E-state index < -0.39 is 14.6 Å². The number of fused-ring (bicyclic) bond motifs is 1. The normalized spacial score (nSPS) is 21.1.